The van der Waals surface area contributed by atoms with E-state index in [4.69, 9.17) is 23.7 Å². The van der Waals surface area contributed by atoms with Gasteiger partial charge >= 0.3 is 47.8 Å². The molecule has 104 heavy (non-hydrogen) atoms. The summed E-state index contributed by atoms with van der Waals surface area (Å²) >= 11 is 0. The summed E-state index contributed by atoms with van der Waals surface area (Å²) in [5.41, 5.74) is -1.08. The Morgan fingerprint density at radius 3 is 0.750 bits per heavy atom. The Morgan fingerprint density at radius 2 is 0.500 bits per heavy atom. The number of rotatable bonds is 32. The molecule has 0 bridgehead atoms. The van der Waals surface area contributed by atoms with E-state index in [2.05, 4.69) is 109 Å². The van der Waals surface area contributed by atoms with Crippen LogP contribution in [-0.2, 0) is 115 Å². The highest BCUT2D eigenvalue weighted by Crippen LogP contribution is 2.10. The zero-order valence-electron chi connectivity index (χ0n) is 65.1. The van der Waals surface area contributed by atoms with Crippen LogP contribution in [0.15, 0.2) is 101 Å². The van der Waals surface area contributed by atoms with Gasteiger partial charge in [0.05, 0.1) is 39.6 Å². The molecule has 32 heteroatoms. The van der Waals surface area contributed by atoms with E-state index in [0.717, 1.165) is 48.6 Å². The van der Waals surface area contributed by atoms with Crippen molar-refractivity contribution in [3.05, 3.63) is 101 Å². The molecule has 0 radical (unpaired) electrons. The van der Waals surface area contributed by atoms with Crippen molar-refractivity contribution < 1.29 is 115 Å². The van der Waals surface area contributed by atoms with Crippen molar-refractivity contribution in [2.75, 3.05) is 27.4 Å². The minimum absolute atomic E-state index is 0.169. The number of hydrogen-bond acceptors (Lipinski definition) is 24. The summed E-state index contributed by atoms with van der Waals surface area (Å²) in [4.78, 5) is 176. The highest BCUT2D eigenvalue weighted by atomic mass is 16.6. The maximum atomic E-state index is 11.6. The number of carbonyl (C=O) groups excluding carboxylic acids is 16. The topological polar surface area (TPSA) is 443 Å². The van der Waals surface area contributed by atoms with E-state index in [-0.39, 0.29) is 59.5 Å². The van der Waals surface area contributed by atoms with Crippen molar-refractivity contribution >= 4 is 95.0 Å². The van der Waals surface area contributed by atoms with E-state index >= 15 is 0 Å². The van der Waals surface area contributed by atoms with Gasteiger partial charge in [-0.15, -0.1) is 0 Å². The Hall–Kier alpha value is -10.6. The zero-order valence-corrected chi connectivity index (χ0v) is 65.1. The third-order valence-corrected chi connectivity index (χ3v) is 10.9. The molecule has 0 aromatic rings. The average molecular weight is 1480 g/mol. The minimum Gasteiger partial charge on any atom is -0.467 e. The van der Waals surface area contributed by atoms with Crippen LogP contribution < -0.4 is 42.5 Å². The molecule has 0 saturated heterocycles. The van der Waals surface area contributed by atoms with Crippen molar-refractivity contribution in [3.63, 3.8) is 0 Å². The van der Waals surface area contributed by atoms with Crippen molar-refractivity contribution in [1.82, 2.24) is 42.5 Å². The molecule has 0 aromatic heterocycles. The van der Waals surface area contributed by atoms with Crippen LogP contribution in [0, 0.1) is 0 Å². The lowest BCUT2D eigenvalue weighted by Gasteiger charge is -2.23. The first-order valence-electron chi connectivity index (χ1n) is 32.9. The fourth-order valence-corrected chi connectivity index (χ4v) is 5.80. The van der Waals surface area contributed by atoms with Crippen LogP contribution >= 0.6 is 0 Å². The molecule has 8 unspecified atom stereocenters. The summed E-state index contributed by atoms with van der Waals surface area (Å²) in [5.74, 6) is -6.45. The fraction of sp³-hybridized carbons (Fsp3) is 0.556. The molecule has 8 amide bonds. The van der Waals surface area contributed by atoms with E-state index in [1.165, 1.54) is 21.1 Å². The second-order valence-corrected chi connectivity index (χ2v) is 23.0. The largest absolute Gasteiger partial charge is 0.467 e. The molecule has 0 aliphatic carbocycles. The highest BCUT2D eigenvalue weighted by molar-refractivity contribution is 5.95. The summed E-state index contributed by atoms with van der Waals surface area (Å²) < 4.78 is 38.3. The number of amides is 8. The van der Waals surface area contributed by atoms with Crippen LogP contribution in [0.4, 0.5) is 0 Å². The van der Waals surface area contributed by atoms with Gasteiger partial charge in [0.25, 0.3) is 0 Å². The fourth-order valence-electron chi connectivity index (χ4n) is 5.80. The molecular formula is C72H120N8O24. The molecule has 0 saturated carbocycles. The molecule has 0 spiro atoms. The lowest BCUT2D eigenvalue weighted by atomic mass is 10.1. The SMILES string of the molecule is C=CC(=O)NC(C)C(=O)OC.C=CC(=O)NC(C)C(=O)OC(C)(C)C.C=CC(=O)NC(C)C(=O)OC(C)C.C=CC(=O)NC(C)C(=O)OCC.C=CC(=O)NC(CC)C(=O)OC.C=CC(=O)NC(CC)C(=O)OC(C)(C)C.C=CC(=O)NC(CC)C(=O)OC(C)C.C=CC(=O)NC(CC)C(=O)OCC. The lowest BCUT2D eigenvalue weighted by molar-refractivity contribution is -0.159. The van der Waals surface area contributed by atoms with Gasteiger partial charge in [-0.2, -0.15) is 0 Å². The smallest absolute Gasteiger partial charge is 0.329 e. The molecule has 0 aliphatic rings. The first-order chi connectivity index (χ1) is 48.1. The van der Waals surface area contributed by atoms with E-state index in [1.54, 1.807) is 132 Å². The molecule has 592 valence electrons. The van der Waals surface area contributed by atoms with Gasteiger partial charge in [-0.3, -0.25) is 38.4 Å². The number of carbonyl (C=O) groups is 16. The van der Waals surface area contributed by atoms with E-state index in [9.17, 15) is 76.7 Å². The van der Waals surface area contributed by atoms with Crippen molar-refractivity contribution in [3.8, 4) is 0 Å². The molecule has 0 fully saturated rings. The first-order valence-corrected chi connectivity index (χ1v) is 32.9. The normalized spacial score (nSPS) is 12.0. The van der Waals surface area contributed by atoms with E-state index in [0.29, 0.717) is 38.9 Å². The molecule has 32 nitrogen and oxygen atoms in total. The Morgan fingerprint density at radius 1 is 0.288 bits per heavy atom. The lowest BCUT2D eigenvalue weighted by Crippen LogP contribution is -2.43. The minimum atomic E-state index is -0.653. The summed E-state index contributed by atoms with van der Waals surface area (Å²) in [5, 5.41) is 19.5. The van der Waals surface area contributed by atoms with Crippen LogP contribution in [0.5, 0.6) is 0 Å². The number of nitrogens with one attached hydrogen (secondary N) is 8. The van der Waals surface area contributed by atoms with Crippen LogP contribution in [0.2, 0.25) is 0 Å². The zero-order chi connectivity index (χ0) is 83.2. The molecule has 0 aromatic carbocycles. The van der Waals surface area contributed by atoms with E-state index in [1.807, 2.05) is 0 Å². The molecule has 8 N–H and O–H groups in total. The average Bonchev–Trinajstić information content (AvgIpc) is 0.924. The van der Waals surface area contributed by atoms with Crippen molar-refractivity contribution in [1.29, 1.82) is 0 Å². The maximum Gasteiger partial charge on any atom is 0.329 e. The Balaban J connectivity index is -0.000000169. The molecule has 8 atom stereocenters. The second kappa shape index (κ2) is 64.5. The Bertz CT molecular complexity index is 2780. The van der Waals surface area contributed by atoms with Crippen LogP contribution in [-0.4, -0.2) is 194 Å². The third kappa shape index (κ3) is 67.3. The maximum absolute atomic E-state index is 11.6. The summed E-state index contributed by atoms with van der Waals surface area (Å²) in [7, 11) is 2.55. The molecule has 0 aliphatic heterocycles. The van der Waals surface area contributed by atoms with Gasteiger partial charge in [-0.1, -0.05) is 80.3 Å². The standard InChI is InChI=1S/C11H19NO3.2C10H17NO3.2C9H15NO3.2C8H13NO3.C7H11NO3/c1-6-8(12-9(13)7-2)10(14)15-11(3,4)5;1-6-8(12)11-7(2)9(13)14-10(3,4)5;1-5-8(11-9(12)6-2)10(13)14-7(3)4;1-5-8(11)10-7(4)9(12)13-6(2)3;1-4-7(9(12)13-6-3)10-8(11)5-2;1-4-6(8(11)12-3)9-7(10)5-2;1-4-7(10)9-6(3)8(11)12-5-2;1-4-6(9)8-5(2)7(10)11-3/h7-8H,2,6H2,1,3-5H3,(H,12,13);6-7H,1H2,2-5H3,(H,11,12);6-8H,2,5H2,1,3-4H3,(H,11,12);5-7H,1H2,2-4H3,(H,10,11);5,7H,2,4,6H2,1,3H3,(H,10,11);5-6H,2,4H2,1,3H3,(H,9,10);4,6H,1,5H2,2-3H3,(H,9,10);4-5H,1H2,2-3H3,(H,8,9). The van der Waals surface area contributed by atoms with Gasteiger partial charge in [0, 0.05) is 0 Å². The van der Waals surface area contributed by atoms with Crippen LogP contribution in [0.3, 0.4) is 0 Å². The molecular weight excluding hydrogens is 1360 g/mol. The van der Waals surface area contributed by atoms with Gasteiger partial charge in [0.15, 0.2) is 0 Å². The molecule has 0 heterocycles. The second-order valence-electron chi connectivity index (χ2n) is 23.0. The van der Waals surface area contributed by atoms with Gasteiger partial charge in [-0.25, -0.2) is 38.4 Å². The van der Waals surface area contributed by atoms with Gasteiger partial charge in [-0.05, 0) is 185 Å². The van der Waals surface area contributed by atoms with Crippen molar-refractivity contribution in [2.24, 2.45) is 0 Å². The summed E-state index contributed by atoms with van der Waals surface area (Å²) in [6, 6.07) is -4.84. The predicted molar refractivity (Wildman–Crippen MR) is 392 cm³/mol. The van der Waals surface area contributed by atoms with Gasteiger partial charge in [0.1, 0.15) is 59.5 Å². The Kier molecular flexibility index (Phi) is 67.9. The van der Waals surface area contributed by atoms with Crippen molar-refractivity contribution in [2.45, 2.75) is 236 Å². The van der Waals surface area contributed by atoms with Crippen LogP contribution in [0.1, 0.15) is 164 Å². The summed E-state index contributed by atoms with van der Waals surface area (Å²) in [6.45, 7) is 61.4. The number of methoxy groups -OCH3 is 2. The third-order valence-electron chi connectivity index (χ3n) is 10.9. The Labute approximate surface area is 614 Å². The van der Waals surface area contributed by atoms with Gasteiger partial charge in [0.2, 0.25) is 47.3 Å². The van der Waals surface area contributed by atoms with Crippen LogP contribution in [0.25, 0.3) is 0 Å². The van der Waals surface area contributed by atoms with E-state index < -0.39 is 107 Å². The monoisotopic (exact) mass is 1480 g/mol. The first kappa shape index (κ1) is 109. The number of esters is 8. The number of hydrogen-bond donors (Lipinski definition) is 8. The predicted octanol–water partition coefficient (Wildman–Crippen LogP) is 5.04. The van der Waals surface area contributed by atoms with Gasteiger partial charge < -0.3 is 80.4 Å². The summed E-state index contributed by atoms with van der Waals surface area (Å²) in [6.07, 6.45) is 10.6. The highest BCUT2D eigenvalue weighted by Gasteiger charge is 2.26. The molecule has 0 rings (SSSR count). The quantitative estimate of drug-likeness (QED) is 0.0248. The number of ether oxygens (including phenoxy) is 8.